The molecule has 1 aliphatic rings. The van der Waals surface area contributed by atoms with Gasteiger partial charge in [-0.1, -0.05) is 36.0 Å². The molecule has 1 aliphatic heterocycles. The van der Waals surface area contributed by atoms with Crippen LogP contribution in [-0.4, -0.2) is 49.4 Å². The fourth-order valence-electron chi connectivity index (χ4n) is 3.82. The minimum absolute atomic E-state index is 0.0545. The molecule has 4 aromatic rings. The number of carbonyl (C=O) groups is 1. The van der Waals surface area contributed by atoms with Gasteiger partial charge >= 0.3 is 0 Å². The molecule has 0 aliphatic carbocycles. The summed E-state index contributed by atoms with van der Waals surface area (Å²) in [7, 11) is 0. The van der Waals surface area contributed by atoms with Crippen molar-refractivity contribution in [2.75, 3.05) is 18.8 Å². The Kier molecular flexibility index (Phi) is 5.69. The molecule has 0 spiro atoms. The number of thioether (sulfide) groups is 1. The predicted octanol–water partition coefficient (Wildman–Crippen LogP) is 4.51. The second kappa shape index (κ2) is 8.76. The maximum atomic E-state index is 14.1. The highest BCUT2D eigenvalue weighted by Gasteiger charge is 2.27. The summed E-state index contributed by atoms with van der Waals surface area (Å²) in [6.45, 7) is 1.43. The lowest BCUT2D eigenvalue weighted by molar-refractivity contribution is -0.129. The monoisotopic (exact) mass is 453 g/mol. The smallest absolute Gasteiger partial charge is 0.233 e. The molecule has 1 fully saturated rings. The minimum Gasteiger partial charge on any atom is -0.341 e. The number of carbonyl (C=O) groups excluding carboxylic acids is 1. The van der Waals surface area contributed by atoms with Crippen LogP contribution in [0.2, 0.25) is 0 Å². The summed E-state index contributed by atoms with van der Waals surface area (Å²) in [5.74, 6) is 0.200. The fraction of sp³-hybridized carbons (Fsp3) is 0.273. The number of hydrogen-bond donors (Lipinski definition) is 0. The molecule has 5 rings (SSSR count). The highest BCUT2D eigenvalue weighted by molar-refractivity contribution is 7.99. The summed E-state index contributed by atoms with van der Waals surface area (Å²) < 4.78 is 16.9. The van der Waals surface area contributed by atoms with Gasteiger partial charge in [0.05, 0.1) is 26.7 Å². The summed E-state index contributed by atoms with van der Waals surface area (Å²) in [5.41, 5.74) is 1.39. The second-order valence-electron chi connectivity index (χ2n) is 7.42. The van der Waals surface area contributed by atoms with E-state index in [1.165, 1.54) is 28.9 Å². The number of nitrogens with zero attached hydrogens (tertiary/aromatic N) is 5. The van der Waals surface area contributed by atoms with Crippen molar-refractivity contribution in [1.82, 2.24) is 24.6 Å². The minimum atomic E-state index is -0.356. The Labute approximate surface area is 187 Å². The third-order valence-corrected chi connectivity index (χ3v) is 7.51. The van der Waals surface area contributed by atoms with Crippen LogP contribution in [0.3, 0.4) is 0 Å². The molecular formula is C22H20FN5OS2. The van der Waals surface area contributed by atoms with Crippen molar-refractivity contribution < 1.29 is 9.18 Å². The third kappa shape index (κ3) is 4.20. The lowest BCUT2D eigenvalue weighted by Crippen LogP contribution is -2.40. The van der Waals surface area contributed by atoms with Crippen molar-refractivity contribution in [3.8, 4) is 5.69 Å². The summed E-state index contributed by atoms with van der Waals surface area (Å²) in [6, 6.07) is 14.6. The number of fused-ring (bicyclic) bond motifs is 1. The number of hydrogen-bond acceptors (Lipinski definition) is 6. The van der Waals surface area contributed by atoms with Gasteiger partial charge < -0.3 is 4.90 Å². The van der Waals surface area contributed by atoms with Gasteiger partial charge in [-0.05, 0) is 37.1 Å². The van der Waals surface area contributed by atoms with E-state index < -0.39 is 0 Å². The van der Waals surface area contributed by atoms with Crippen molar-refractivity contribution in [3.63, 3.8) is 0 Å². The summed E-state index contributed by atoms with van der Waals surface area (Å²) in [5, 5.41) is 9.56. The van der Waals surface area contributed by atoms with E-state index in [1.807, 2.05) is 23.1 Å². The molecule has 2 aromatic heterocycles. The molecule has 9 heteroatoms. The van der Waals surface area contributed by atoms with Crippen molar-refractivity contribution in [2.24, 2.45) is 0 Å². The molecule has 0 bridgehead atoms. The van der Waals surface area contributed by atoms with E-state index in [9.17, 15) is 9.18 Å². The third-order valence-electron chi connectivity index (χ3n) is 5.39. The van der Waals surface area contributed by atoms with E-state index >= 15 is 0 Å². The maximum Gasteiger partial charge on any atom is 0.233 e. The van der Waals surface area contributed by atoms with Gasteiger partial charge in [0.15, 0.2) is 5.16 Å². The van der Waals surface area contributed by atoms with Crippen LogP contribution in [0.4, 0.5) is 4.39 Å². The lowest BCUT2D eigenvalue weighted by Gasteiger charge is -2.31. The van der Waals surface area contributed by atoms with E-state index in [1.54, 1.807) is 34.1 Å². The van der Waals surface area contributed by atoms with Gasteiger partial charge in [-0.15, -0.1) is 21.5 Å². The van der Waals surface area contributed by atoms with E-state index in [0.717, 1.165) is 29.9 Å². The van der Waals surface area contributed by atoms with Crippen LogP contribution in [-0.2, 0) is 4.79 Å². The number of halogens is 1. The number of aromatic nitrogens is 4. The molecule has 31 heavy (non-hydrogen) atoms. The Balaban J connectivity index is 1.25. The molecule has 2 aromatic carbocycles. The van der Waals surface area contributed by atoms with Gasteiger partial charge in [0.1, 0.15) is 12.1 Å². The van der Waals surface area contributed by atoms with Crippen LogP contribution < -0.4 is 0 Å². The first kappa shape index (κ1) is 20.1. The maximum absolute atomic E-state index is 14.1. The van der Waals surface area contributed by atoms with Gasteiger partial charge in [0, 0.05) is 19.0 Å². The van der Waals surface area contributed by atoms with Crippen LogP contribution in [0.25, 0.3) is 15.9 Å². The van der Waals surface area contributed by atoms with Crippen LogP contribution in [0, 0.1) is 5.82 Å². The Morgan fingerprint density at radius 2 is 2.03 bits per heavy atom. The quantitative estimate of drug-likeness (QED) is 0.416. The molecule has 1 saturated heterocycles. The average molecular weight is 454 g/mol. The first-order chi connectivity index (χ1) is 15.2. The molecule has 1 unspecified atom stereocenters. The number of rotatable bonds is 5. The Hall–Kier alpha value is -2.78. The van der Waals surface area contributed by atoms with Crippen LogP contribution in [0.5, 0.6) is 0 Å². The van der Waals surface area contributed by atoms with Crippen LogP contribution >= 0.6 is 23.1 Å². The number of piperidine rings is 1. The topological polar surface area (TPSA) is 63.9 Å². The Morgan fingerprint density at radius 3 is 2.90 bits per heavy atom. The van der Waals surface area contributed by atoms with Crippen molar-refractivity contribution >= 4 is 39.2 Å². The van der Waals surface area contributed by atoms with Crippen molar-refractivity contribution in [1.29, 1.82) is 0 Å². The highest BCUT2D eigenvalue weighted by atomic mass is 32.2. The average Bonchev–Trinajstić information content (AvgIpc) is 3.45. The zero-order valence-corrected chi connectivity index (χ0v) is 18.3. The first-order valence-electron chi connectivity index (χ1n) is 10.1. The summed E-state index contributed by atoms with van der Waals surface area (Å²) in [4.78, 5) is 19.6. The number of benzene rings is 2. The molecule has 6 nitrogen and oxygen atoms in total. The van der Waals surface area contributed by atoms with Gasteiger partial charge in [0.25, 0.3) is 0 Å². The second-order valence-corrected chi connectivity index (χ2v) is 9.43. The van der Waals surface area contributed by atoms with Crippen molar-refractivity contribution in [2.45, 2.75) is 23.9 Å². The molecular weight excluding hydrogens is 433 g/mol. The predicted molar refractivity (Wildman–Crippen MR) is 120 cm³/mol. The molecule has 3 heterocycles. The fourth-order valence-corrected chi connectivity index (χ4v) is 5.74. The molecule has 0 saturated carbocycles. The zero-order valence-electron chi connectivity index (χ0n) is 16.6. The zero-order chi connectivity index (χ0) is 21.2. The Bertz CT molecular complexity index is 1190. The van der Waals surface area contributed by atoms with E-state index in [0.29, 0.717) is 17.4 Å². The number of likely N-dealkylation sites (tertiary alicyclic amines) is 1. The number of para-hydroxylation sites is 2. The number of thiazole rings is 1. The molecule has 158 valence electrons. The lowest BCUT2D eigenvalue weighted by atomic mass is 9.99. The molecule has 0 radical (unpaired) electrons. The van der Waals surface area contributed by atoms with Gasteiger partial charge in [0.2, 0.25) is 5.91 Å². The normalized spacial score (nSPS) is 16.7. The highest BCUT2D eigenvalue weighted by Crippen LogP contribution is 2.33. The van der Waals surface area contributed by atoms with Crippen molar-refractivity contribution in [3.05, 3.63) is 65.7 Å². The standard InChI is InChI=1S/C22H20FN5OS2/c23-16-7-1-3-9-18(16)28-14-24-26-22(28)30-13-20(29)27-11-5-6-15(12-27)21-25-17-8-2-4-10-19(17)31-21/h1-4,7-10,14-15H,5-6,11-13H2. The van der Waals surface area contributed by atoms with E-state index in [2.05, 4.69) is 16.3 Å². The van der Waals surface area contributed by atoms with Crippen LogP contribution in [0.1, 0.15) is 23.8 Å². The summed E-state index contributed by atoms with van der Waals surface area (Å²) >= 11 is 3.00. The molecule has 1 amide bonds. The molecule has 0 N–H and O–H groups in total. The van der Waals surface area contributed by atoms with Gasteiger partial charge in [-0.2, -0.15) is 0 Å². The summed E-state index contributed by atoms with van der Waals surface area (Å²) in [6.07, 6.45) is 3.47. The van der Waals surface area contributed by atoms with Crippen LogP contribution in [0.15, 0.2) is 60.0 Å². The number of amides is 1. The largest absolute Gasteiger partial charge is 0.341 e. The Morgan fingerprint density at radius 1 is 1.19 bits per heavy atom. The SMILES string of the molecule is O=C(CSc1nncn1-c1ccccc1F)N1CCCC(c2nc3ccccc3s2)C1. The molecule has 1 atom stereocenters. The van der Waals surface area contributed by atoms with Gasteiger partial charge in [-0.3, -0.25) is 9.36 Å². The van der Waals surface area contributed by atoms with E-state index in [4.69, 9.17) is 4.98 Å². The first-order valence-corrected chi connectivity index (χ1v) is 11.9. The van der Waals surface area contributed by atoms with Gasteiger partial charge in [-0.25, -0.2) is 9.37 Å². The van der Waals surface area contributed by atoms with E-state index in [-0.39, 0.29) is 23.4 Å².